The van der Waals surface area contributed by atoms with Crippen molar-refractivity contribution >= 4 is 17.3 Å². The van der Waals surface area contributed by atoms with Crippen LogP contribution in [0.1, 0.15) is 5.56 Å². The number of halogens is 2. The summed E-state index contributed by atoms with van der Waals surface area (Å²) in [5.41, 5.74) is 1.44. The molecular formula is C12H12ClFN2. The first-order chi connectivity index (χ1) is 7.66. The second kappa shape index (κ2) is 4.58. The second-order valence-electron chi connectivity index (χ2n) is 3.64. The second-order valence-corrected chi connectivity index (χ2v) is 4.04. The van der Waals surface area contributed by atoms with Crippen molar-refractivity contribution in [3.8, 4) is 0 Å². The van der Waals surface area contributed by atoms with Gasteiger partial charge in [-0.15, -0.1) is 0 Å². The third kappa shape index (κ3) is 2.36. The van der Waals surface area contributed by atoms with E-state index in [0.717, 1.165) is 5.56 Å². The average Bonchev–Trinajstić information content (AvgIpc) is 2.63. The predicted molar refractivity (Wildman–Crippen MR) is 64.1 cm³/mol. The van der Waals surface area contributed by atoms with E-state index in [1.807, 2.05) is 30.1 Å². The predicted octanol–water partition coefficient (Wildman–Crippen LogP) is 3.43. The third-order valence-electron chi connectivity index (χ3n) is 2.33. The zero-order valence-electron chi connectivity index (χ0n) is 8.87. The first kappa shape index (κ1) is 11.0. The van der Waals surface area contributed by atoms with E-state index in [1.54, 1.807) is 12.1 Å². The van der Waals surface area contributed by atoms with E-state index < -0.39 is 0 Å². The summed E-state index contributed by atoms with van der Waals surface area (Å²) in [5.74, 6) is -0.330. The highest BCUT2D eigenvalue weighted by Crippen LogP contribution is 2.25. The molecule has 0 spiro atoms. The van der Waals surface area contributed by atoms with Gasteiger partial charge in [0, 0.05) is 26.0 Å². The maximum Gasteiger partial charge on any atom is 0.147 e. The molecule has 0 radical (unpaired) electrons. The Morgan fingerprint density at radius 1 is 1.38 bits per heavy atom. The highest BCUT2D eigenvalue weighted by Gasteiger charge is 2.05. The average molecular weight is 239 g/mol. The molecule has 0 saturated carbocycles. The number of nitrogens with zero attached hydrogens (tertiary/aromatic N) is 1. The summed E-state index contributed by atoms with van der Waals surface area (Å²) >= 11 is 5.89. The van der Waals surface area contributed by atoms with Gasteiger partial charge in [0.15, 0.2) is 0 Å². The fourth-order valence-electron chi connectivity index (χ4n) is 1.52. The fraction of sp³-hybridized carbons (Fsp3) is 0.167. The van der Waals surface area contributed by atoms with Crippen LogP contribution in [0.15, 0.2) is 36.7 Å². The number of benzene rings is 1. The molecule has 0 aliphatic heterocycles. The summed E-state index contributed by atoms with van der Waals surface area (Å²) in [4.78, 5) is 0. The molecule has 1 N–H and O–H groups in total. The maximum absolute atomic E-state index is 13.4. The Kier molecular flexibility index (Phi) is 3.15. The molecule has 0 amide bonds. The van der Waals surface area contributed by atoms with Crippen LogP contribution in [0.2, 0.25) is 5.02 Å². The minimum atomic E-state index is -0.330. The first-order valence-corrected chi connectivity index (χ1v) is 5.33. The first-order valence-electron chi connectivity index (χ1n) is 4.95. The van der Waals surface area contributed by atoms with Crippen LogP contribution >= 0.6 is 11.6 Å². The smallest absolute Gasteiger partial charge is 0.147 e. The van der Waals surface area contributed by atoms with Gasteiger partial charge in [-0.3, -0.25) is 0 Å². The lowest BCUT2D eigenvalue weighted by Crippen LogP contribution is -2.01. The number of nitrogens with one attached hydrogen (secondary N) is 1. The normalized spacial score (nSPS) is 10.4. The molecule has 84 valence electrons. The molecule has 0 aliphatic carbocycles. The van der Waals surface area contributed by atoms with Crippen molar-refractivity contribution in [2.75, 3.05) is 5.32 Å². The molecule has 0 unspecified atom stereocenters. The molecule has 0 aliphatic rings. The Bertz CT molecular complexity index is 473. The monoisotopic (exact) mass is 238 g/mol. The van der Waals surface area contributed by atoms with Crippen LogP contribution in [0.25, 0.3) is 0 Å². The molecule has 0 bridgehead atoms. The molecule has 1 aromatic heterocycles. The van der Waals surface area contributed by atoms with Crippen molar-refractivity contribution in [3.63, 3.8) is 0 Å². The Labute approximate surface area is 98.7 Å². The zero-order chi connectivity index (χ0) is 11.5. The Hall–Kier alpha value is -1.48. The van der Waals surface area contributed by atoms with E-state index in [0.29, 0.717) is 17.3 Å². The molecule has 0 saturated heterocycles. The highest BCUT2D eigenvalue weighted by molar-refractivity contribution is 6.33. The Morgan fingerprint density at radius 2 is 2.19 bits per heavy atom. The molecule has 2 rings (SSSR count). The van der Waals surface area contributed by atoms with Crippen LogP contribution in [-0.4, -0.2) is 4.57 Å². The van der Waals surface area contributed by atoms with E-state index in [2.05, 4.69) is 5.32 Å². The lowest BCUT2D eigenvalue weighted by atomic mass is 10.3. The lowest BCUT2D eigenvalue weighted by Gasteiger charge is -2.08. The third-order valence-corrected chi connectivity index (χ3v) is 2.64. The number of rotatable bonds is 3. The van der Waals surface area contributed by atoms with E-state index in [9.17, 15) is 4.39 Å². The van der Waals surface area contributed by atoms with Crippen LogP contribution in [0.5, 0.6) is 0 Å². The summed E-state index contributed by atoms with van der Waals surface area (Å²) in [6.45, 7) is 0.557. The number of anilines is 1. The highest BCUT2D eigenvalue weighted by atomic mass is 35.5. The minimum Gasteiger partial charge on any atom is -0.377 e. The molecule has 4 heteroatoms. The number of hydrogen-bond acceptors (Lipinski definition) is 1. The summed E-state index contributed by atoms with van der Waals surface area (Å²) < 4.78 is 15.4. The fourth-order valence-corrected chi connectivity index (χ4v) is 1.75. The van der Waals surface area contributed by atoms with E-state index in [-0.39, 0.29) is 5.82 Å². The van der Waals surface area contributed by atoms with Gasteiger partial charge >= 0.3 is 0 Å². The summed E-state index contributed by atoms with van der Waals surface area (Å²) in [6.07, 6.45) is 3.92. The van der Waals surface area contributed by atoms with Gasteiger partial charge in [-0.1, -0.05) is 17.7 Å². The van der Waals surface area contributed by atoms with Gasteiger partial charge in [-0.25, -0.2) is 4.39 Å². The van der Waals surface area contributed by atoms with Crippen LogP contribution in [0, 0.1) is 5.82 Å². The van der Waals surface area contributed by atoms with Crippen LogP contribution in [0.4, 0.5) is 10.1 Å². The van der Waals surface area contributed by atoms with Crippen molar-refractivity contribution in [3.05, 3.63) is 53.1 Å². The summed E-state index contributed by atoms with van der Waals surface area (Å²) in [6, 6.07) is 6.62. The Balaban J connectivity index is 2.10. The van der Waals surface area contributed by atoms with Crippen molar-refractivity contribution in [1.82, 2.24) is 4.57 Å². The number of hydrogen-bond donors (Lipinski definition) is 1. The van der Waals surface area contributed by atoms with Crippen LogP contribution in [-0.2, 0) is 13.6 Å². The molecule has 2 aromatic rings. The van der Waals surface area contributed by atoms with E-state index in [4.69, 9.17) is 11.6 Å². The van der Waals surface area contributed by atoms with Gasteiger partial charge in [-0.05, 0) is 23.8 Å². The number of aryl methyl sites for hydroxylation is 1. The largest absolute Gasteiger partial charge is 0.377 e. The van der Waals surface area contributed by atoms with Crippen molar-refractivity contribution in [1.29, 1.82) is 0 Å². The summed E-state index contributed by atoms with van der Waals surface area (Å²) in [5, 5.41) is 3.39. The molecule has 16 heavy (non-hydrogen) atoms. The van der Waals surface area contributed by atoms with Gasteiger partial charge in [0.25, 0.3) is 0 Å². The number of aromatic nitrogens is 1. The zero-order valence-corrected chi connectivity index (χ0v) is 9.63. The standard InChI is InChI=1S/C12H12ClFN2/c1-16-6-5-9(8-16)7-15-12-10(13)3-2-4-11(12)14/h2-6,8,15H,7H2,1H3. The van der Waals surface area contributed by atoms with Gasteiger partial charge in [0.1, 0.15) is 5.82 Å². The maximum atomic E-state index is 13.4. The van der Waals surface area contributed by atoms with Crippen molar-refractivity contribution in [2.45, 2.75) is 6.54 Å². The molecule has 0 fully saturated rings. The molecule has 0 atom stereocenters. The van der Waals surface area contributed by atoms with Crippen LogP contribution < -0.4 is 5.32 Å². The molecule has 1 aromatic carbocycles. The lowest BCUT2D eigenvalue weighted by molar-refractivity contribution is 0.630. The SMILES string of the molecule is Cn1ccc(CNc2c(F)cccc2Cl)c1. The van der Waals surface area contributed by atoms with E-state index in [1.165, 1.54) is 6.07 Å². The quantitative estimate of drug-likeness (QED) is 0.867. The van der Waals surface area contributed by atoms with Crippen molar-refractivity contribution in [2.24, 2.45) is 7.05 Å². The molecular weight excluding hydrogens is 227 g/mol. The number of para-hydroxylation sites is 1. The van der Waals surface area contributed by atoms with Gasteiger partial charge in [0.2, 0.25) is 0 Å². The minimum absolute atomic E-state index is 0.330. The van der Waals surface area contributed by atoms with Gasteiger partial charge < -0.3 is 9.88 Å². The van der Waals surface area contributed by atoms with E-state index >= 15 is 0 Å². The van der Waals surface area contributed by atoms with Gasteiger partial charge in [0.05, 0.1) is 10.7 Å². The summed E-state index contributed by atoms with van der Waals surface area (Å²) in [7, 11) is 1.94. The van der Waals surface area contributed by atoms with Gasteiger partial charge in [-0.2, -0.15) is 0 Å². The molecule has 2 nitrogen and oxygen atoms in total. The topological polar surface area (TPSA) is 17.0 Å². The Morgan fingerprint density at radius 3 is 2.81 bits per heavy atom. The van der Waals surface area contributed by atoms with Crippen LogP contribution in [0.3, 0.4) is 0 Å². The molecule has 1 heterocycles. The van der Waals surface area contributed by atoms with Crippen molar-refractivity contribution < 1.29 is 4.39 Å².